The molecule has 1 aromatic heterocycles. The number of hydrogen-bond donors (Lipinski definition) is 2. The number of esters is 1. The van der Waals surface area contributed by atoms with Crippen LogP contribution in [0.4, 0.5) is 6.01 Å². The molecule has 18 heavy (non-hydrogen) atoms. The number of carbonyl (C=O) groups is 2. The van der Waals surface area contributed by atoms with E-state index < -0.39 is 17.9 Å². The predicted octanol–water partition coefficient (Wildman–Crippen LogP) is -0.224. The fourth-order valence-corrected chi connectivity index (χ4v) is 1.30. The van der Waals surface area contributed by atoms with Crippen molar-refractivity contribution in [3.63, 3.8) is 0 Å². The van der Waals surface area contributed by atoms with Crippen LogP contribution < -0.4 is 11.1 Å². The van der Waals surface area contributed by atoms with Crippen LogP contribution in [0.5, 0.6) is 0 Å². The van der Waals surface area contributed by atoms with E-state index in [1.54, 1.807) is 6.92 Å². The molecule has 0 radical (unpaired) electrons. The molecule has 1 atom stereocenters. The molecule has 8 heteroatoms. The van der Waals surface area contributed by atoms with Gasteiger partial charge in [-0.05, 0) is 19.8 Å². The number of carbonyl (C=O) groups excluding carboxylic acids is 2. The van der Waals surface area contributed by atoms with Crippen LogP contribution in [0.2, 0.25) is 0 Å². The van der Waals surface area contributed by atoms with Crippen LogP contribution in [0.3, 0.4) is 0 Å². The second-order valence-electron chi connectivity index (χ2n) is 3.94. The zero-order valence-electron chi connectivity index (χ0n) is 9.88. The van der Waals surface area contributed by atoms with Crippen molar-refractivity contribution in [1.29, 1.82) is 0 Å². The number of amides is 1. The zero-order chi connectivity index (χ0) is 13.1. The Kier molecular flexibility index (Phi) is 3.56. The molecule has 1 saturated carbocycles. The average Bonchev–Trinajstić information content (AvgIpc) is 3.10. The number of nitrogens with one attached hydrogen (secondary N) is 1. The van der Waals surface area contributed by atoms with Crippen LogP contribution in [-0.4, -0.2) is 34.7 Å². The van der Waals surface area contributed by atoms with Crippen LogP contribution in [0, 0.1) is 0 Å². The molecule has 1 aliphatic rings. The normalized spacial score (nSPS) is 16.1. The monoisotopic (exact) mass is 254 g/mol. The van der Waals surface area contributed by atoms with E-state index in [-0.39, 0.29) is 12.6 Å². The Hall–Kier alpha value is -1.96. The van der Waals surface area contributed by atoms with Gasteiger partial charge in [-0.2, -0.15) is 0 Å². The molecule has 0 aromatic carbocycles. The zero-order valence-corrected chi connectivity index (χ0v) is 9.88. The SMILES string of the molecule is CCOC(=O)C(N)C(=O)Nc1nnc(C2CC2)o1. The average molecular weight is 254 g/mol. The fraction of sp³-hybridized carbons (Fsp3) is 0.600. The van der Waals surface area contributed by atoms with Gasteiger partial charge in [0, 0.05) is 5.92 Å². The lowest BCUT2D eigenvalue weighted by Gasteiger charge is -2.08. The van der Waals surface area contributed by atoms with E-state index in [0.29, 0.717) is 11.8 Å². The van der Waals surface area contributed by atoms with Crippen molar-refractivity contribution in [2.24, 2.45) is 5.73 Å². The lowest BCUT2D eigenvalue weighted by Crippen LogP contribution is -2.43. The summed E-state index contributed by atoms with van der Waals surface area (Å²) in [5, 5.41) is 9.71. The Bertz CT molecular complexity index is 454. The molecule has 1 heterocycles. The van der Waals surface area contributed by atoms with E-state index in [2.05, 4.69) is 20.3 Å². The smallest absolute Gasteiger partial charge is 0.332 e. The number of hydrogen-bond acceptors (Lipinski definition) is 7. The van der Waals surface area contributed by atoms with E-state index in [4.69, 9.17) is 10.2 Å². The van der Waals surface area contributed by atoms with Gasteiger partial charge in [0.25, 0.3) is 5.91 Å². The van der Waals surface area contributed by atoms with E-state index in [1.165, 1.54) is 0 Å². The van der Waals surface area contributed by atoms with Crippen molar-refractivity contribution < 1.29 is 18.7 Å². The topological polar surface area (TPSA) is 120 Å². The third-order valence-corrected chi connectivity index (χ3v) is 2.42. The van der Waals surface area contributed by atoms with Crippen LogP contribution in [0.25, 0.3) is 0 Å². The summed E-state index contributed by atoms with van der Waals surface area (Å²) < 4.78 is 9.83. The van der Waals surface area contributed by atoms with Gasteiger partial charge in [-0.3, -0.25) is 10.1 Å². The molecule has 2 rings (SSSR count). The first-order valence-corrected chi connectivity index (χ1v) is 5.68. The highest BCUT2D eigenvalue weighted by Gasteiger charge is 2.30. The van der Waals surface area contributed by atoms with Crippen LogP contribution in [0.15, 0.2) is 4.42 Å². The summed E-state index contributed by atoms with van der Waals surface area (Å²) in [6, 6.07) is -1.46. The maximum atomic E-state index is 11.6. The highest BCUT2D eigenvalue weighted by atomic mass is 16.5. The maximum absolute atomic E-state index is 11.6. The van der Waals surface area contributed by atoms with Crippen molar-refractivity contribution >= 4 is 17.9 Å². The molecule has 98 valence electrons. The minimum absolute atomic E-state index is 0.0540. The Balaban J connectivity index is 1.90. The van der Waals surface area contributed by atoms with E-state index in [1.807, 2.05) is 0 Å². The van der Waals surface area contributed by atoms with E-state index in [0.717, 1.165) is 12.8 Å². The summed E-state index contributed by atoms with van der Waals surface area (Å²) in [4.78, 5) is 22.8. The Labute approximate surface area is 103 Å². The van der Waals surface area contributed by atoms with Gasteiger partial charge < -0.3 is 14.9 Å². The third-order valence-electron chi connectivity index (χ3n) is 2.42. The van der Waals surface area contributed by atoms with Crippen molar-refractivity contribution in [3.05, 3.63) is 5.89 Å². The van der Waals surface area contributed by atoms with Crippen LogP contribution >= 0.6 is 0 Å². The second kappa shape index (κ2) is 5.13. The molecule has 0 saturated heterocycles. The van der Waals surface area contributed by atoms with Crippen molar-refractivity contribution in [2.75, 3.05) is 11.9 Å². The summed E-state index contributed by atoms with van der Waals surface area (Å²) in [7, 11) is 0. The number of nitrogens with two attached hydrogens (primary N) is 1. The second-order valence-corrected chi connectivity index (χ2v) is 3.94. The summed E-state index contributed by atoms with van der Waals surface area (Å²) in [5.41, 5.74) is 5.40. The summed E-state index contributed by atoms with van der Waals surface area (Å²) in [5.74, 6) is -0.742. The Morgan fingerprint density at radius 2 is 2.28 bits per heavy atom. The first-order chi connectivity index (χ1) is 8.61. The standard InChI is InChI=1S/C10H14N4O4/c1-2-17-9(16)6(11)7(15)12-10-14-13-8(18-10)5-3-4-5/h5-6H,2-4,11H2,1H3,(H,12,14,15). The molecule has 1 fully saturated rings. The molecule has 0 aliphatic heterocycles. The Morgan fingerprint density at radius 1 is 1.56 bits per heavy atom. The molecule has 0 spiro atoms. The largest absolute Gasteiger partial charge is 0.464 e. The summed E-state index contributed by atoms with van der Waals surface area (Å²) >= 11 is 0. The third kappa shape index (κ3) is 2.83. The molecule has 3 N–H and O–H groups in total. The molecular formula is C10H14N4O4. The van der Waals surface area contributed by atoms with Crippen LogP contribution in [-0.2, 0) is 14.3 Å². The number of aromatic nitrogens is 2. The van der Waals surface area contributed by atoms with Gasteiger partial charge in [0.05, 0.1) is 6.61 Å². The molecule has 1 amide bonds. The fourth-order valence-electron chi connectivity index (χ4n) is 1.30. The van der Waals surface area contributed by atoms with Gasteiger partial charge in [0.2, 0.25) is 5.89 Å². The maximum Gasteiger partial charge on any atom is 0.332 e. The summed E-state index contributed by atoms with van der Waals surface area (Å²) in [6.45, 7) is 1.79. The lowest BCUT2D eigenvalue weighted by molar-refractivity contribution is -0.146. The number of nitrogens with zero attached hydrogens (tertiary/aromatic N) is 2. The quantitative estimate of drug-likeness (QED) is 0.550. The van der Waals surface area contributed by atoms with Gasteiger partial charge in [0.15, 0.2) is 6.04 Å². The molecule has 1 aliphatic carbocycles. The van der Waals surface area contributed by atoms with Gasteiger partial charge in [-0.1, -0.05) is 5.10 Å². The van der Waals surface area contributed by atoms with Gasteiger partial charge >= 0.3 is 12.0 Å². The van der Waals surface area contributed by atoms with Crippen LogP contribution in [0.1, 0.15) is 31.6 Å². The van der Waals surface area contributed by atoms with Crippen molar-refractivity contribution in [1.82, 2.24) is 10.2 Å². The van der Waals surface area contributed by atoms with Gasteiger partial charge in [-0.15, -0.1) is 5.10 Å². The molecule has 1 unspecified atom stereocenters. The molecule has 8 nitrogen and oxygen atoms in total. The minimum Gasteiger partial charge on any atom is -0.464 e. The highest BCUT2D eigenvalue weighted by molar-refractivity contribution is 6.07. The van der Waals surface area contributed by atoms with E-state index >= 15 is 0 Å². The number of anilines is 1. The minimum atomic E-state index is -1.40. The number of rotatable bonds is 5. The highest BCUT2D eigenvalue weighted by Crippen LogP contribution is 2.39. The first-order valence-electron chi connectivity index (χ1n) is 5.68. The molecular weight excluding hydrogens is 240 g/mol. The van der Waals surface area contributed by atoms with Crippen molar-refractivity contribution in [3.8, 4) is 0 Å². The summed E-state index contributed by atoms with van der Waals surface area (Å²) in [6.07, 6.45) is 2.02. The Morgan fingerprint density at radius 3 is 2.89 bits per heavy atom. The van der Waals surface area contributed by atoms with Crippen molar-refractivity contribution in [2.45, 2.75) is 31.7 Å². The molecule has 0 bridgehead atoms. The van der Waals surface area contributed by atoms with Gasteiger partial charge in [-0.25, -0.2) is 4.79 Å². The van der Waals surface area contributed by atoms with Gasteiger partial charge in [0.1, 0.15) is 0 Å². The van der Waals surface area contributed by atoms with E-state index in [9.17, 15) is 9.59 Å². The molecule has 1 aromatic rings. The number of ether oxygens (including phenoxy) is 1. The predicted molar refractivity (Wildman–Crippen MR) is 59.5 cm³/mol. The lowest BCUT2D eigenvalue weighted by atomic mass is 10.3. The first kappa shape index (κ1) is 12.5.